The molecule has 0 aliphatic heterocycles. The summed E-state index contributed by atoms with van der Waals surface area (Å²) in [4.78, 5) is 27.5. The zero-order chi connectivity index (χ0) is 27.8. The molecular weight excluding hydrogens is 670 g/mol. The van der Waals surface area contributed by atoms with E-state index in [4.69, 9.17) is 21.4 Å². The number of nitrogens with one attached hydrogen (secondary N) is 2. The van der Waals surface area contributed by atoms with Gasteiger partial charge >= 0.3 is 0 Å². The van der Waals surface area contributed by atoms with Crippen molar-refractivity contribution >= 4 is 106 Å². The average Bonchev–Trinajstić information content (AvgIpc) is 3.75. The number of aromatic nitrogens is 4. The Morgan fingerprint density at radius 1 is 0.533 bits per heavy atom. The van der Waals surface area contributed by atoms with Crippen LogP contribution >= 0.6 is 61.0 Å². The summed E-state index contributed by atoms with van der Waals surface area (Å²) in [6.07, 6.45) is 0. The molecule has 0 amide bonds. The lowest BCUT2D eigenvalue weighted by Crippen LogP contribution is -2.12. The molecule has 3 aromatic heterocycles. The molecule has 4 aromatic carbocycles. The lowest BCUT2D eigenvalue weighted by molar-refractivity contribution is 1.36. The van der Waals surface area contributed by atoms with Crippen LogP contribution in [0.2, 0.25) is 0 Å². The van der Waals surface area contributed by atoms with Crippen LogP contribution in [0, 0.1) is 0 Å². The van der Waals surface area contributed by atoms with Gasteiger partial charge in [-0.2, -0.15) is 0 Å². The van der Waals surface area contributed by atoms with Gasteiger partial charge in [0.25, 0.3) is 0 Å². The van der Waals surface area contributed by atoms with Crippen LogP contribution in [0.3, 0.4) is 0 Å². The van der Waals surface area contributed by atoms with E-state index in [0.29, 0.717) is 11.7 Å². The van der Waals surface area contributed by atoms with Gasteiger partial charge < -0.3 is 21.4 Å². The molecule has 0 spiro atoms. The normalized spacial score (nSPS) is 11.3. The molecule has 6 N–H and O–H groups in total. The van der Waals surface area contributed by atoms with E-state index >= 15 is 0 Å². The monoisotopic (exact) mass is 696 g/mol. The van der Waals surface area contributed by atoms with Crippen molar-refractivity contribution in [2.45, 2.75) is 0 Å². The maximum atomic E-state index is 6.29. The molecule has 0 saturated heterocycles. The van der Waals surface area contributed by atoms with Gasteiger partial charge in [-0.25, -0.2) is 20.0 Å². The Labute approximate surface area is 287 Å². The number of fused-ring (bicyclic) bond motifs is 2. The number of rotatable bonds is 6. The molecule has 230 valence electrons. The number of amidine groups is 2. The first-order valence-electron chi connectivity index (χ1n) is 13.0. The van der Waals surface area contributed by atoms with E-state index < -0.39 is 0 Å². The van der Waals surface area contributed by atoms with E-state index in [0.717, 1.165) is 66.0 Å². The van der Waals surface area contributed by atoms with E-state index in [1.165, 1.54) is 0 Å². The van der Waals surface area contributed by atoms with Crippen molar-refractivity contribution in [2.24, 2.45) is 21.5 Å². The Balaban J connectivity index is 0.00000138. The zero-order valence-corrected chi connectivity index (χ0v) is 27.5. The number of imidazole rings is 2. The average molecular weight is 699 g/mol. The molecule has 0 unspecified atom stereocenters. The number of para-hydroxylation sites is 2. The third-order valence-corrected chi connectivity index (χ3v) is 7.74. The third-order valence-electron chi connectivity index (χ3n) is 6.64. The molecule has 13 heteroatoms. The number of benzene rings is 4. The number of aliphatic imine (C=N–C) groups is 2. The van der Waals surface area contributed by atoms with Crippen molar-refractivity contribution < 1.29 is 0 Å². The van der Waals surface area contributed by atoms with Gasteiger partial charge in [0, 0.05) is 11.1 Å². The number of nitrogens with two attached hydrogens (primary N) is 2. The summed E-state index contributed by atoms with van der Waals surface area (Å²) in [5.74, 6) is 2.48. The molecule has 7 rings (SSSR count). The highest BCUT2D eigenvalue weighted by Crippen LogP contribution is 2.34. The molecule has 8 nitrogen and oxygen atoms in total. The number of hydrogen-bond acceptors (Lipinski definition) is 5. The molecular formula is C32H28Cl4N8S. The topological polar surface area (TPSA) is 134 Å². The molecule has 0 bridgehead atoms. The second kappa shape index (κ2) is 15.1. The second-order valence-electron chi connectivity index (χ2n) is 9.46. The fraction of sp³-hybridized carbons (Fsp3) is 0. The molecule has 0 radical (unpaired) electrons. The molecule has 7 aromatic rings. The second-order valence-corrected chi connectivity index (χ2v) is 10.5. The summed E-state index contributed by atoms with van der Waals surface area (Å²) < 4.78 is 0. The Kier molecular flexibility index (Phi) is 11.8. The molecule has 3 heterocycles. The van der Waals surface area contributed by atoms with Crippen LogP contribution in [0.4, 0.5) is 11.4 Å². The van der Waals surface area contributed by atoms with Gasteiger partial charge in [-0.05, 0) is 72.8 Å². The van der Waals surface area contributed by atoms with Gasteiger partial charge in [-0.15, -0.1) is 61.0 Å². The highest BCUT2D eigenvalue weighted by atomic mass is 35.5. The number of H-pyrrole nitrogens is 2. The van der Waals surface area contributed by atoms with E-state index in [2.05, 4.69) is 20.0 Å². The van der Waals surface area contributed by atoms with Gasteiger partial charge in [-0.1, -0.05) is 36.4 Å². The zero-order valence-electron chi connectivity index (χ0n) is 23.4. The predicted octanol–water partition coefficient (Wildman–Crippen LogP) is 8.60. The summed E-state index contributed by atoms with van der Waals surface area (Å²) in [6, 6.07) is 35.2. The van der Waals surface area contributed by atoms with Crippen LogP contribution in [0.5, 0.6) is 0 Å². The lowest BCUT2D eigenvalue weighted by atomic mass is 10.2. The van der Waals surface area contributed by atoms with Crippen molar-refractivity contribution in [2.75, 3.05) is 0 Å². The van der Waals surface area contributed by atoms with Crippen LogP contribution in [0.1, 0.15) is 11.1 Å². The van der Waals surface area contributed by atoms with E-state index in [1.807, 2.05) is 109 Å². The third kappa shape index (κ3) is 7.47. The van der Waals surface area contributed by atoms with Crippen LogP contribution in [-0.4, -0.2) is 31.6 Å². The summed E-state index contributed by atoms with van der Waals surface area (Å²) in [7, 11) is 0. The number of aromatic amines is 2. The summed E-state index contributed by atoms with van der Waals surface area (Å²) in [5, 5.41) is 0. The van der Waals surface area contributed by atoms with Crippen molar-refractivity contribution in [3.63, 3.8) is 0 Å². The van der Waals surface area contributed by atoms with Gasteiger partial charge in [0.1, 0.15) is 23.3 Å². The number of hydrogen-bond donors (Lipinski definition) is 4. The summed E-state index contributed by atoms with van der Waals surface area (Å²) in [5.41, 5.74) is 19.4. The Morgan fingerprint density at radius 3 is 1.33 bits per heavy atom. The first-order chi connectivity index (χ1) is 20.1. The van der Waals surface area contributed by atoms with E-state index in [-0.39, 0.29) is 49.6 Å². The largest absolute Gasteiger partial charge is 0.383 e. The first-order valence-corrected chi connectivity index (χ1v) is 13.8. The maximum absolute atomic E-state index is 6.29. The van der Waals surface area contributed by atoms with Crippen molar-refractivity contribution in [3.05, 3.63) is 120 Å². The summed E-state index contributed by atoms with van der Waals surface area (Å²) >= 11 is 1.61. The van der Waals surface area contributed by atoms with Crippen molar-refractivity contribution in [1.82, 2.24) is 19.9 Å². The molecule has 0 saturated carbocycles. The van der Waals surface area contributed by atoms with Gasteiger partial charge in [0.05, 0.1) is 43.2 Å². The Bertz CT molecular complexity index is 1940. The number of nitrogens with zero attached hydrogens (tertiary/aromatic N) is 4. The fourth-order valence-corrected chi connectivity index (χ4v) is 5.47. The molecule has 0 aliphatic carbocycles. The fourth-order valence-electron chi connectivity index (χ4n) is 4.58. The smallest absolute Gasteiger partial charge is 0.148 e. The molecule has 45 heavy (non-hydrogen) atoms. The minimum Gasteiger partial charge on any atom is -0.383 e. The van der Waals surface area contributed by atoms with Crippen LogP contribution in [-0.2, 0) is 0 Å². The molecule has 0 fully saturated rings. The highest BCUT2D eigenvalue weighted by molar-refractivity contribution is 7.18. The lowest BCUT2D eigenvalue weighted by Gasteiger charge is -2.01. The van der Waals surface area contributed by atoms with Crippen molar-refractivity contribution in [1.29, 1.82) is 0 Å². The van der Waals surface area contributed by atoms with Gasteiger partial charge in [0.15, 0.2) is 0 Å². The van der Waals surface area contributed by atoms with Crippen LogP contribution in [0.25, 0.3) is 43.5 Å². The minimum atomic E-state index is 0. The van der Waals surface area contributed by atoms with Gasteiger partial charge in [0.2, 0.25) is 0 Å². The number of thiophene rings is 1. The molecule has 0 aliphatic rings. The highest BCUT2D eigenvalue weighted by Gasteiger charge is 2.14. The minimum absolute atomic E-state index is 0. The SMILES string of the molecule is Cl.Cl.Cl.Cl.NC(=Nc1ccccc1)c1ccc2nc(-c3ccc(-c4nc5ccc(C(N)=Nc6ccccc6)cc5[nH]4)s3)[nH]c2c1. The quantitative estimate of drug-likeness (QED) is 0.102. The van der Waals surface area contributed by atoms with Gasteiger partial charge in [-0.3, -0.25) is 0 Å². The Hall–Kier alpha value is -4.38. The maximum Gasteiger partial charge on any atom is 0.148 e. The van der Waals surface area contributed by atoms with Crippen LogP contribution < -0.4 is 11.5 Å². The predicted molar refractivity (Wildman–Crippen MR) is 197 cm³/mol. The number of halogens is 4. The standard InChI is InChI=1S/C32H24N8S.4ClH/c33-29(35-21-7-3-1-4-8-21)19-11-13-23-25(17-19)39-31(37-23)27-15-16-28(41-27)32-38-24-14-12-20(18-26(24)40-32)30(34)36-22-9-5-2-6-10-22;;;;/h1-18H,(H2,33,35)(H2,34,36)(H,37,39)(H,38,40);4*1H. The van der Waals surface area contributed by atoms with Crippen molar-refractivity contribution in [3.8, 4) is 21.4 Å². The molecule has 0 atom stereocenters. The van der Waals surface area contributed by atoms with E-state index in [9.17, 15) is 0 Å². The summed E-state index contributed by atoms with van der Waals surface area (Å²) in [6.45, 7) is 0. The first kappa shape index (κ1) is 35.1. The Morgan fingerprint density at radius 2 is 0.933 bits per heavy atom. The van der Waals surface area contributed by atoms with Crippen LogP contribution in [0.15, 0.2) is 119 Å². The van der Waals surface area contributed by atoms with E-state index in [1.54, 1.807) is 11.3 Å².